The summed E-state index contributed by atoms with van der Waals surface area (Å²) in [6.45, 7) is 4.58. The SMILES string of the molecule is Cc1cc(C(=O)NCc2ccc(Cl)c(CC3=Nc4cc(N5CCCC5)ccc4C3)c2)ccn1. The van der Waals surface area contributed by atoms with E-state index in [1.807, 2.05) is 19.1 Å². The highest BCUT2D eigenvalue weighted by atomic mass is 35.5. The Morgan fingerprint density at radius 3 is 2.76 bits per heavy atom. The van der Waals surface area contributed by atoms with Crippen LogP contribution < -0.4 is 10.2 Å². The Morgan fingerprint density at radius 1 is 1.09 bits per heavy atom. The molecule has 0 unspecified atom stereocenters. The van der Waals surface area contributed by atoms with E-state index in [9.17, 15) is 4.79 Å². The van der Waals surface area contributed by atoms with Gasteiger partial charge in [-0.25, -0.2) is 0 Å². The smallest absolute Gasteiger partial charge is 0.251 e. The molecule has 5 rings (SSSR count). The maximum atomic E-state index is 12.5. The molecule has 0 saturated carbocycles. The van der Waals surface area contributed by atoms with Gasteiger partial charge >= 0.3 is 0 Å². The van der Waals surface area contributed by atoms with Gasteiger partial charge in [-0.15, -0.1) is 0 Å². The van der Waals surface area contributed by atoms with Gasteiger partial charge in [0.2, 0.25) is 0 Å². The fourth-order valence-electron chi connectivity index (χ4n) is 4.57. The number of fused-ring (bicyclic) bond motifs is 1. The number of aromatic nitrogens is 1. The van der Waals surface area contributed by atoms with E-state index in [4.69, 9.17) is 16.6 Å². The number of rotatable bonds is 6. The van der Waals surface area contributed by atoms with Crippen molar-refractivity contribution in [3.63, 3.8) is 0 Å². The summed E-state index contributed by atoms with van der Waals surface area (Å²) in [7, 11) is 0. The maximum Gasteiger partial charge on any atom is 0.251 e. The highest BCUT2D eigenvalue weighted by molar-refractivity contribution is 6.31. The molecule has 3 aromatic rings. The first-order chi connectivity index (χ1) is 16.0. The minimum atomic E-state index is -0.110. The number of amides is 1. The predicted molar refractivity (Wildman–Crippen MR) is 134 cm³/mol. The minimum Gasteiger partial charge on any atom is -0.371 e. The minimum absolute atomic E-state index is 0.110. The lowest BCUT2D eigenvalue weighted by Crippen LogP contribution is -2.23. The topological polar surface area (TPSA) is 57.6 Å². The Morgan fingerprint density at radius 2 is 1.94 bits per heavy atom. The fraction of sp³-hybridized carbons (Fsp3) is 0.296. The van der Waals surface area contributed by atoms with Gasteiger partial charge in [-0.2, -0.15) is 0 Å². The molecule has 1 saturated heterocycles. The Kier molecular flexibility index (Phi) is 6.14. The van der Waals surface area contributed by atoms with Crippen LogP contribution in [0.5, 0.6) is 0 Å². The number of benzene rings is 2. The van der Waals surface area contributed by atoms with Crippen molar-refractivity contribution in [3.8, 4) is 0 Å². The molecule has 1 aromatic heterocycles. The number of carbonyl (C=O) groups is 1. The Balaban J connectivity index is 1.26. The summed E-state index contributed by atoms with van der Waals surface area (Å²) < 4.78 is 0. The second-order valence-corrected chi connectivity index (χ2v) is 9.24. The van der Waals surface area contributed by atoms with Crippen molar-refractivity contribution in [2.45, 2.75) is 39.2 Å². The van der Waals surface area contributed by atoms with Crippen LogP contribution in [0.3, 0.4) is 0 Å². The van der Waals surface area contributed by atoms with E-state index < -0.39 is 0 Å². The van der Waals surface area contributed by atoms with E-state index in [2.05, 4.69) is 39.5 Å². The molecular weight excluding hydrogens is 432 g/mol. The van der Waals surface area contributed by atoms with E-state index >= 15 is 0 Å². The van der Waals surface area contributed by atoms with E-state index in [0.717, 1.165) is 52.8 Å². The third-order valence-electron chi connectivity index (χ3n) is 6.33. The fourth-order valence-corrected chi connectivity index (χ4v) is 4.76. The number of aliphatic imine (C=N–C) groups is 1. The first kappa shape index (κ1) is 21.7. The third kappa shape index (κ3) is 4.93. The van der Waals surface area contributed by atoms with Crippen LogP contribution in [-0.2, 0) is 19.4 Å². The van der Waals surface area contributed by atoms with Crippen LogP contribution in [0.2, 0.25) is 5.02 Å². The molecule has 1 N–H and O–H groups in total. The van der Waals surface area contributed by atoms with Crippen LogP contribution in [0.1, 0.15) is 45.6 Å². The summed E-state index contributed by atoms with van der Waals surface area (Å²) in [5, 5.41) is 3.71. The highest BCUT2D eigenvalue weighted by Gasteiger charge is 2.19. The van der Waals surface area contributed by atoms with Gasteiger partial charge in [0.25, 0.3) is 5.91 Å². The summed E-state index contributed by atoms with van der Waals surface area (Å²) in [5.74, 6) is -0.110. The van der Waals surface area contributed by atoms with Crippen LogP contribution in [0.15, 0.2) is 59.7 Å². The van der Waals surface area contributed by atoms with Crippen LogP contribution >= 0.6 is 11.6 Å². The summed E-state index contributed by atoms with van der Waals surface area (Å²) in [5.41, 5.74) is 8.25. The monoisotopic (exact) mass is 458 g/mol. The van der Waals surface area contributed by atoms with Gasteiger partial charge in [-0.05, 0) is 66.8 Å². The van der Waals surface area contributed by atoms with Crippen molar-refractivity contribution in [3.05, 3.63) is 87.7 Å². The molecule has 2 aliphatic rings. The molecule has 0 aliphatic carbocycles. The van der Waals surface area contributed by atoms with E-state index in [1.54, 1.807) is 18.3 Å². The largest absolute Gasteiger partial charge is 0.371 e. The molecule has 0 bridgehead atoms. The lowest BCUT2D eigenvalue weighted by atomic mass is 10.0. The zero-order valence-electron chi connectivity index (χ0n) is 18.8. The van der Waals surface area contributed by atoms with E-state index in [1.165, 1.54) is 24.1 Å². The molecule has 2 aliphatic heterocycles. The number of aryl methyl sites for hydroxylation is 1. The Bertz CT molecular complexity index is 1230. The molecule has 33 heavy (non-hydrogen) atoms. The number of carbonyl (C=O) groups excluding carboxylic acids is 1. The molecular formula is C27H27ClN4O. The lowest BCUT2D eigenvalue weighted by molar-refractivity contribution is 0.0950. The summed E-state index contributed by atoms with van der Waals surface area (Å²) in [6, 6.07) is 16.1. The molecule has 1 fully saturated rings. The average molecular weight is 459 g/mol. The normalized spacial score (nSPS) is 14.8. The van der Waals surface area contributed by atoms with Crippen LogP contribution in [0.25, 0.3) is 0 Å². The van der Waals surface area contributed by atoms with Gasteiger partial charge in [0, 0.05) is 66.4 Å². The average Bonchev–Trinajstić information content (AvgIpc) is 3.48. The van der Waals surface area contributed by atoms with Crippen LogP contribution in [0.4, 0.5) is 11.4 Å². The van der Waals surface area contributed by atoms with Crippen LogP contribution in [0, 0.1) is 6.92 Å². The van der Waals surface area contributed by atoms with Gasteiger partial charge in [0.1, 0.15) is 0 Å². The number of nitrogens with zero attached hydrogens (tertiary/aromatic N) is 3. The molecule has 2 aromatic carbocycles. The molecule has 1 amide bonds. The van der Waals surface area contributed by atoms with Crippen molar-refractivity contribution >= 4 is 34.6 Å². The number of pyridine rings is 1. The van der Waals surface area contributed by atoms with Gasteiger partial charge in [-0.1, -0.05) is 29.8 Å². The zero-order valence-corrected chi connectivity index (χ0v) is 19.5. The van der Waals surface area contributed by atoms with Gasteiger partial charge in [-0.3, -0.25) is 14.8 Å². The third-order valence-corrected chi connectivity index (χ3v) is 6.70. The molecule has 168 valence electrons. The van der Waals surface area contributed by atoms with Crippen molar-refractivity contribution < 1.29 is 4.79 Å². The second-order valence-electron chi connectivity index (χ2n) is 8.83. The molecule has 5 nitrogen and oxygen atoms in total. The number of nitrogens with one attached hydrogen (secondary N) is 1. The van der Waals surface area contributed by atoms with Gasteiger partial charge in [0.05, 0.1) is 5.69 Å². The number of anilines is 1. The molecule has 0 atom stereocenters. The standard InChI is InChI=1S/C27H27ClN4O/c1-18-12-21(8-9-29-18)27(33)30-17-19-4-7-25(28)22(13-19)15-23-14-20-5-6-24(16-26(20)31-23)32-10-2-3-11-32/h4-9,12-13,16H,2-3,10-11,14-15,17H2,1H3,(H,30,33). The summed E-state index contributed by atoms with van der Waals surface area (Å²) >= 11 is 6.52. The Labute approximate surface area is 199 Å². The number of hydrogen-bond donors (Lipinski definition) is 1. The molecule has 6 heteroatoms. The van der Waals surface area contributed by atoms with E-state index in [-0.39, 0.29) is 5.91 Å². The first-order valence-corrected chi connectivity index (χ1v) is 11.9. The van der Waals surface area contributed by atoms with Crippen molar-refractivity contribution in [1.82, 2.24) is 10.3 Å². The summed E-state index contributed by atoms with van der Waals surface area (Å²) in [6.07, 6.45) is 5.75. The molecule has 3 heterocycles. The molecule has 0 radical (unpaired) electrons. The second kappa shape index (κ2) is 9.36. The molecule has 0 spiro atoms. The first-order valence-electron chi connectivity index (χ1n) is 11.5. The van der Waals surface area contributed by atoms with Crippen molar-refractivity contribution in [2.75, 3.05) is 18.0 Å². The van der Waals surface area contributed by atoms with E-state index in [0.29, 0.717) is 18.5 Å². The summed E-state index contributed by atoms with van der Waals surface area (Å²) in [4.78, 5) is 24.0. The predicted octanol–water partition coefficient (Wildman–Crippen LogP) is 5.44. The zero-order chi connectivity index (χ0) is 22.8. The van der Waals surface area contributed by atoms with Gasteiger partial charge in [0.15, 0.2) is 0 Å². The maximum absolute atomic E-state index is 12.5. The van der Waals surface area contributed by atoms with Crippen molar-refractivity contribution in [1.29, 1.82) is 0 Å². The van der Waals surface area contributed by atoms with Gasteiger partial charge < -0.3 is 10.2 Å². The number of hydrogen-bond acceptors (Lipinski definition) is 4. The highest BCUT2D eigenvalue weighted by Crippen LogP contribution is 2.33. The lowest BCUT2D eigenvalue weighted by Gasteiger charge is -2.17. The quantitative estimate of drug-likeness (QED) is 0.534. The Hall–Kier alpha value is -3.18. The number of halogens is 1. The van der Waals surface area contributed by atoms with Crippen LogP contribution in [-0.4, -0.2) is 29.7 Å². The van der Waals surface area contributed by atoms with Crippen molar-refractivity contribution in [2.24, 2.45) is 4.99 Å².